The number of nitrogens with one attached hydrogen (secondary N) is 1. The van der Waals surface area contributed by atoms with Gasteiger partial charge in [0.15, 0.2) is 0 Å². The van der Waals surface area contributed by atoms with E-state index in [0.717, 1.165) is 38.8 Å². The first-order valence-corrected chi connectivity index (χ1v) is 8.71. The lowest BCUT2D eigenvalue weighted by Gasteiger charge is -2.35. The molecule has 2 atom stereocenters. The van der Waals surface area contributed by atoms with E-state index in [9.17, 15) is 8.42 Å². The van der Waals surface area contributed by atoms with Gasteiger partial charge in [0.1, 0.15) is 9.84 Å². The molecule has 0 amide bonds. The second-order valence-electron chi connectivity index (χ2n) is 5.49. The zero-order valence-electron chi connectivity index (χ0n) is 10.7. The lowest BCUT2D eigenvalue weighted by Crippen LogP contribution is -2.50. The fourth-order valence-corrected chi connectivity index (χ4v) is 4.11. The number of rotatable bonds is 3. The Morgan fingerprint density at radius 1 is 1.06 bits per heavy atom. The number of nitrogens with zero attached hydrogens (tertiary/aromatic N) is 1. The standard InChI is InChI=1S/C12H24N2O2S/c1-17(15,16)12-7-5-6-11(10-12)13-14-8-3-2-4-9-14/h11-13H,2-10H2,1H3. The third-order valence-corrected chi connectivity index (χ3v) is 5.59. The molecule has 1 saturated carbocycles. The van der Waals surface area contributed by atoms with Gasteiger partial charge < -0.3 is 0 Å². The molecule has 0 spiro atoms. The molecule has 1 N–H and O–H groups in total. The van der Waals surface area contributed by atoms with Crippen LogP contribution in [0.25, 0.3) is 0 Å². The van der Waals surface area contributed by atoms with Crippen molar-refractivity contribution in [2.24, 2.45) is 0 Å². The number of hydrazine groups is 1. The Hall–Kier alpha value is -0.130. The monoisotopic (exact) mass is 260 g/mol. The molecule has 0 aromatic carbocycles. The van der Waals surface area contributed by atoms with E-state index < -0.39 is 9.84 Å². The molecule has 0 aromatic rings. The Morgan fingerprint density at radius 2 is 1.76 bits per heavy atom. The van der Waals surface area contributed by atoms with Gasteiger partial charge in [-0.1, -0.05) is 12.8 Å². The highest BCUT2D eigenvalue weighted by molar-refractivity contribution is 7.91. The second-order valence-corrected chi connectivity index (χ2v) is 7.82. The second kappa shape index (κ2) is 5.67. The van der Waals surface area contributed by atoms with Crippen LogP contribution in [0.15, 0.2) is 0 Å². The van der Waals surface area contributed by atoms with Gasteiger partial charge in [-0.25, -0.2) is 13.4 Å². The zero-order valence-corrected chi connectivity index (χ0v) is 11.5. The van der Waals surface area contributed by atoms with Gasteiger partial charge >= 0.3 is 0 Å². The van der Waals surface area contributed by atoms with Crippen LogP contribution in [0.1, 0.15) is 44.9 Å². The third-order valence-electron chi connectivity index (χ3n) is 3.95. The quantitative estimate of drug-likeness (QED) is 0.832. The first-order chi connectivity index (χ1) is 8.05. The van der Waals surface area contributed by atoms with E-state index in [-0.39, 0.29) is 5.25 Å². The van der Waals surface area contributed by atoms with Gasteiger partial charge in [0, 0.05) is 25.4 Å². The summed E-state index contributed by atoms with van der Waals surface area (Å²) in [5.74, 6) is 0. The molecular formula is C12H24N2O2S. The molecule has 2 fully saturated rings. The van der Waals surface area contributed by atoms with Crippen molar-refractivity contribution in [2.45, 2.75) is 56.2 Å². The van der Waals surface area contributed by atoms with Crippen molar-refractivity contribution in [3.63, 3.8) is 0 Å². The van der Waals surface area contributed by atoms with Gasteiger partial charge in [-0.3, -0.25) is 5.43 Å². The van der Waals surface area contributed by atoms with E-state index in [4.69, 9.17) is 0 Å². The van der Waals surface area contributed by atoms with Crippen molar-refractivity contribution in [3.05, 3.63) is 0 Å². The van der Waals surface area contributed by atoms with Gasteiger partial charge in [0.05, 0.1) is 5.25 Å². The Balaban J connectivity index is 1.84. The molecule has 4 nitrogen and oxygen atoms in total. The molecule has 100 valence electrons. The molecule has 0 aromatic heterocycles. The van der Waals surface area contributed by atoms with Crippen LogP contribution >= 0.6 is 0 Å². The molecule has 2 aliphatic rings. The largest absolute Gasteiger partial charge is 0.252 e. The molecule has 2 rings (SSSR count). The average molecular weight is 260 g/mol. The maximum Gasteiger partial charge on any atom is 0.150 e. The Labute approximate surface area is 105 Å². The van der Waals surface area contributed by atoms with Crippen LogP contribution in [0.5, 0.6) is 0 Å². The molecule has 1 heterocycles. The van der Waals surface area contributed by atoms with Crippen molar-refractivity contribution in [3.8, 4) is 0 Å². The molecule has 1 aliphatic heterocycles. The minimum absolute atomic E-state index is 0.126. The van der Waals surface area contributed by atoms with Crippen LogP contribution in [0.2, 0.25) is 0 Å². The van der Waals surface area contributed by atoms with Crippen LogP contribution in [0.4, 0.5) is 0 Å². The van der Waals surface area contributed by atoms with E-state index >= 15 is 0 Å². The van der Waals surface area contributed by atoms with Gasteiger partial charge in [-0.15, -0.1) is 0 Å². The SMILES string of the molecule is CS(=O)(=O)C1CCCC(NN2CCCCC2)C1. The van der Waals surface area contributed by atoms with Gasteiger partial charge in [0.2, 0.25) is 0 Å². The first kappa shape index (κ1) is 13.3. The van der Waals surface area contributed by atoms with E-state index in [1.54, 1.807) is 0 Å². The molecular weight excluding hydrogens is 236 g/mol. The summed E-state index contributed by atoms with van der Waals surface area (Å²) < 4.78 is 23.2. The number of piperidine rings is 1. The molecule has 0 bridgehead atoms. The van der Waals surface area contributed by atoms with Gasteiger partial charge in [-0.05, 0) is 32.1 Å². The summed E-state index contributed by atoms with van der Waals surface area (Å²) in [6, 6.07) is 0.363. The predicted molar refractivity (Wildman–Crippen MR) is 69.4 cm³/mol. The molecule has 5 heteroatoms. The summed E-state index contributed by atoms with van der Waals surface area (Å²) in [7, 11) is -2.86. The highest BCUT2D eigenvalue weighted by Gasteiger charge is 2.29. The minimum Gasteiger partial charge on any atom is -0.252 e. The van der Waals surface area contributed by atoms with Crippen molar-refractivity contribution < 1.29 is 8.42 Å². The summed E-state index contributed by atoms with van der Waals surface area (Å²) in [6.07, 6.45) is 9.00. The Kier molecular flexibility index (Phi) is 4.44. The molecule has 17 heavy (non-hydrogen) atoms. The van der Waals surface area contributed by atoms with Crippen LogP contribution < -0.4 is 5.43 Å². The summed E-state index contributed by atoms with van der Waals surface area (Å²) >= 11 is 0. The van der Waals surface area contributed by atoms with Crippen molar-refractivity contribution in [1.82, 2.24) is 10.4 Å². The van der Waals surface area contributed by atoms with Gasteiger partial charge in [0.25, 0.3) is 0 Å². The Morgan fingerprint density at radius 3 is 2.41 bits per heavy atom. The van der Waals surface area contributed by atoms with Crippen molar-refractivity contribution >= 4 is 9.84 Å². The summed E-state index contributed by atoms with van der Waals surface area (Å²) in [4.78, 5) is 0. The van der Waals surface area contributed by atoms with Crippen molar-refractivity contribution in [1.29, 1.82) is 0 Å². The fraction of sp³-hybridized carbons (Fsp3) is 1.00. The molecule has 0 radical (unpaired) electrons. The Bertz CT molecular complexity index is 336. The average Bonchev–Trinajstić information content (AvgIpc) is 2.29. The van der Waals surface area contributed by atoms with E-state index in [0.29, 0.717) is 6.04 Å². The first-order valence-electron chi connectivity index (χ1n) is 6.76. The summed E-state index contributed by atoms with van der Waals surface area (Å²) in [5, 5.41) is 2.16. The van der Waals surface area contributed by atoms with Crippen molar-refractivity contribution in [2.75, 3.05) is 19.3 Å². The maximum atomic E-state index is 11.6. The lowest BCUT2D eigenvalue weighted by atomic mass is 9.95. The van der Waals surface area contributed by atoms with E-state index in [1.807, 2.05) is 0 Å². The van der Waals surface area contributed by atoms with Gasteiger partial charge in [-0.2, -0.15) is 0 Å². The van der Waals surface area contributed by atoms with E-state index in [2.05, 4.69) is 10.4 Å². The highest BCUT2D eigenvalue weighted by atomic mass is 32.2. The number of hydrogen-bond acceptors (Lipinski definition) is 4. The molecule has 2 unspecified atom stereocenters. The number of hydrogen-bond donors (Lipinski definition) is 1. The lowest BCUT2D eigenvalue weighted by molar-refractivity contribution is 0.115. The summed E-state index contributed by atoms with van der Waals surface area (Å²) in [6.45, 7) is 2.22. The van der Waals surface area contributed by atoms with Crippen LogP contribution in [0.3, 0.4) is 0 Å². The van der Waals surface area contributed by atoms with Crippen LogP contribution in [0, 0.1) is 0 Å². The zero-order chi connectivity index (χ0) is 12.3. The van der Waals surface area contributed by atoms with E-state index in [1.165, 1.54) is 25.5 Å². The maximum absolute atomic E-state index is 11.6. The summed E-state index contributed by atoms with van der Waals surface area (Å²) in [5.41, 5.74) is 3.53. The minimum atomic E-state index is -2.86. The predicted octanol–water partition coefficient (Wildman–Crippen LogP) is 1.33. The normalized spacial score (nSPS) is 32.5. The van der Waals surface area contributed by atoms with Crippen LogP contribution in [-0.4, -0.2) is 44.1 Å². The fourth-order valence-electron chi connectivity index (χ4n) is 2.93. The smallest absolute Gasteiger partial charge is 0.150 e. The third kappa shape index (κ3) is 3.93. The van der Waals surface area contributed by atoms with Crippen LogP contribution in [-0.2, 0) is 9.84 Å². The molecule has 1 saturated heterocycles. The number of sulfone groups is 1. The molecule has 1 aliphatic carbocycles. The highest BCUT2D eigenvalue weighted by Crippen LogP contribution is 2.24. The topological polar surface area (TPSA) is 49.4 Å².